The number of nitrogens with zero attached hydrogens (tertiary/aromatic N) is 5. The molecule has 0 fully saturated rings. The first-order chi connectivity index (χ1) is 34.2. The lowest BCUT2D eigenvalue weighted by atomic mass is 9.95. The third kappa shape index (κ3) is 7.21. The second kappa shape index (κ2) is 16.8. The van der Waals surface area contributed by atoms with Gasteiger partial charge in [-0.15, -0.1) is 0 Å². The molecule has 0 radical (unpaired) electrons. The molecule has 0 aliphatic rings. The molecular weight excluding hydrogens is 839 g/mol. The van der Waals surface area contributed by atoms with Gasteiger partial charge in [-0.2, -0.15) is 0 Å². The molecule has 69 heavy (non-hydrogen) atoms. The maximum absolute atomic E-state index is 5.40. The van der Waals surface area contributed by atoms with Crippen LogP contribution in [0.3, 0.4) is 0 Å². The summed E-state index contributed by atoms with van der Waals surface area (Å²) < 4.78 is 2.26. The molecule has 0 saturated heterocycles. The molecule has 3 heterocycles. The largest absolute Gasteiger partial charge is 0.294 e. The Hall–Kier alpha value is -9.32. The standard InChI is InChI=1S/C64H41N5/c1-4-19-43(20-5-1)59-56-37-36-42-18-10-11-33-54(42)61(56)67-62(65-59)51-29-16-27-49(40-51)47-25-14-23-45(38-47)46-24-15-26-48(39-46)50-28-17-30-52(41-50)63-66-60(44-21-6-2-7-22-44)58-55-34-12-13-35-57(55)69(64(58)68-63)53-31-8-3-9-32-53/h1-41H. The van der Waals surface area contributed by atoms with Crippen molar-refractivity contribution in [3.63, 3.8) is 0 Å². The maximum atomic E-state index is 5.40. The molecule has 0 aliphatic carbocycles. The van der Waals surface area contributed by atoms with Gasteiger partial charge in [0.05, 0.1) is 27.8 Å². The van der Waals surface area contributed by atoms with Crippen molar-refractivity contribution in [3.05, 3.63) is 249 Å². The molecule has 0 bridgehead atoms. The van der Waals surface area contributed by atoms with E-state index in [1.807, 2.05) is 12.1 Å². The van der Waals surface area contributed by atoms with Crippen LogP contribution in [0.4, 0.5) is 0 Å². The lowest BCUT2D eigenvalue weighted by Crippen LogP contribution is -1.99. The summed E-state index contributed by atoms with van der Waals surface area (Å²) >= 11 is 0. The molecule has 0 unspecified atom stereocenters. The highest BCUT2D eigenvalue weighted by Gasteiger charge is 2.21. The summed E-state index contributed by atoms with van der Waals surface area (Å²) in [5.41, 5.74) is 16.5. The number of hydrogen-bond acceptors (Lipinski definition) is 4. The first kappa shape index (κ1) is 40.0. The molecule has 5 nitrogen and oxygen atoms in total. The Morgan fingerprint density at radius 1 is 0.275 bits per heavy atom. The minimum atomic E-state index is 0.674. The fourth-order valence-electron chi connectivity index (χ4n) is 9.87. The van der Waals surface area contributed by atoms with Crippen molar-refractivity contribution >= 4 is 43.6 Å². The van der Waals surface area contributed by atoms with Gasteiger partial charge in [-0.05, 0) is 87.3 Å². The average molecular weight is 880 g/mol. The van der Waals surface area contributed by atoms with E-state index in [1.165, 1.54) is 0 Å². The van der Waals surface area contributed by atoms with Gasteiger partial charge in [0.25, 0.3) is 0 Å². The van der Waals surface area contributed by atoms with E-state index in [0.717, 1.165) is 116 Å². The molecule has 322 valence electrons. The minimum absolute atomic E-state index is 0.674. The van der Waals surface area contributed by atoms with Crippen molar-refractivity contribution in [2.75, 3.05) is 0 Å². The van der Waals surface area contributed by atoms with Crippen LogP contribution in [0, 0.1) is 0 Å². The van der Waals surface area contributed by atoms with Crippen LogP contribution in [0.2, 0.25) is 0 Å². The molecule has 10 aromatic carbocycles. The van der Waals surface area contributed by atoms with Gasteiger partial charge in [0.2, 0.25) is 0 Å². The minimum Gasteiger partial charge on any atom is -0.294 e. The highest BCUT2D eigenvalue weighted by Crippen LogP contribution is 2.40. The first-order valence-electron chi connectivity index (χ1n) is 23.3. The molecule has 0 atom stereocenters. The SMILES string of the molecule is c1ccc(-c2nc(-c3cccc(-c4cccc(-c5cccc(-c6cccc(-c7nc(-c8ccccc8)c8c9ccccc9n(-c9ccccc9)c8n7)c6)c5)c4)c3)nc3c2ccc2ccccc23)cc1. The van der Waals surface area contributed by atoms with Crippen molar-refractivity contribution in [3.8, 4) is 84.4 Å². The summed E-state index contributed by atoms with van der Waals surface area (Å²) in [5.74, 6) is 1.37. The number of rotatable bonds is 8. The quantitative estimate of drug-likeness (QED) is 0.143. The van der Waals surface area contributed by atoms with Crippen LogP contribution in [0.5, 0.6) is 0 Å². The number of fused-ring (bicyclic) bond motifs is 6. The van der Waals surface area contributed by atoms with E-state index in [9.17, 15) is 0 Å². The summed E-state index contributed by atoms with van der Waals surface area (Å²) in [4.78, 5) is 21.3. The Bertz CT molecular complexity index is 4070. The predicted octanol–water partition coefficient (Wildman–Crippen LogP) is 16.3. The number of benzene rings is 10. The smallest absolute Gasteiger partial charge is 0.162 e. The second-order valence-corrected chi connectivity index (χ2v) is 17.4. The van der Waals surface area contributed by atoms with Gasteiger partial charge >= 0.3 is 0 Å². The maximum Gasteiger partial charge on any atom is 0.162 e. The van der Waals surface area contributed by atoms with E-state index in [4.69, 9.17) is 19.9 Å². The first-order valence-corrected chi connectivity index (χ1v) is 23.3. The van der Waals surface area contributed by atoms with Crippen LogP contribution in [-0.4, -0.2) is 24.5 Å². The summed E-state index contributed by atoms with van der Waals surface area (Å²) in [5, 5.41) is 5.47. The Labute approximate surface area is 399 Å². The Kier molecular flexibility index (Phi) is 9.76. The lowest BCUT2D eigenvalue weighted by molar-refractivity contribution is 1.11. The van der Waals surface area contributed by atoms with Gasteiger partial charge in [-0.25, -0.2) is 19.9 Å². The topological polar surface area (TPSA) is 56.5 Å². The van der Waals surface area contributed by atoms with Crippen LogP contribution in [0.25, 0.3) is 128 Å². The Balaban J connectivity index is 0.872. The van der Waals surface area contributed by atoms with Crippen molar-refractivity contribution in [1.29, 1.82) is 0 Å². The molecule has 0 N–H and O–H groups in total. The molecule has 0 saturated carbocycles. The zero-order valence-electron chi connectivity index (χ0n) is 37.4. The van der Waals surface area contributed by atoms with Crippen LogP contribution >= 0.6 is 0 Å². The number of hydrogen-bond donors (Lipinski definition) is 0. The third-order valence-corrected chi connectivity index (χ3v) is 13.2. The molecular formula is C64H41N5. The van der Waals surface area contributed by atoms with E-state index >= 15 is 0 Å². The van der Waals surface area contributed by atoms with Crippen molar-refractivity contribution < 1.29 is 0 Å². The van der Waals surface area contributed by atoms with Crippen LogP contribution < -0.4 is 0 Å². The summed E-state index contributed by atoms with van der Waals surface area (Å²) in [6, 6.07) is 87.4. The van der Waals surface area contributed by atoms with Gasteiger partial charge in [0, 0.05) is 44.1 Å². The van der Waals surface area contributed by atoms with Crippen molar-refractivity contribution in [2.24, 2.45) is 0 Å². The summed E-state index contributed by atoms with van der Waals surface area (Å²) in [6.45, 7) is 0. The predicted molar refractivity (Wildman–Crippen MR) is 285 cm³/mol. The summed E-state index contributed by atoms with van der Waals surface area (Å²) in [7, 11) is 0. The fourth-order valence-corrected chi connectivity index (χ4v) is 9.87. The molecule has 5 heteroatoms. The molecule has 0 aliphatic heterocycles. The van der Waals surface area contributed by atoms with E-state index in [1.54, 1.807) is 0 Å². The molecule has 13 aromatic rings. The fraction of sp³-hybridized carbons (Fsp3) is 0. The van der Waals surface area contributed by atoms with E-state index in [-0.39, 0.29) is 0 Å². The van der Waals surface area contributed by atoms with Gasteiger partial charge in [-0.1, -0.05) is 200 Å². The van der Waals surface area contributed by atoms with Gasteiger partial charge in [0.15, 0.2) is 11.6 Å². The molecule has 3 aromatic heterocycles. The van der Waals surface area contributed by atoms with Crippen LogP contribution in [-0.2, 0) is 0 Å². The molecule has 0 amide bonds. The Morgan fingerprint density at radius 2 is 0.710 bits per heavy atom. The van der Waals surface area contributed by atoms with E-state index in [2.05, 4.69) is 241 Å². The van der Waals surface area contributed by atoms with Gasteiger partial charge in [-0.3, -0.25) is 4.57 Å². The van der Waals surface area contributed by atoms with E-state index < -0.39 is 0 Å². The van der Waals surface area contributed by atoms with Crippen molar-refractivity contribution in [1.82, 2.24) is 24.5 Å². The normalized spacial score (nSPS) is 11.5. The second-order valence-electron chi connectivity index (χ2n) is 17.4. The van der Waals surface area contributed by atoms with Gasteiger partial charge < -0.3 is 0 Å². The highest BCUT2D eigenvalue weighted by atomic mass is 15.1. The Morgan fingerprint density at radius 3 is 1.30 bits per heavy atom. The van der Waals surface area contributed by atoms with Crippen LogP contribution in [0.1, 0.15) is 0 Å². The molecule has 13 rings (SSSR count). The monoisotopic (exact) mass is 879 g/mol. The average Bonchev–Trinajstić information content (AvgIpc) is 3.77. The summed E-state index contributed by atoms with van der Waals surface area (Å²) in [6.07, 6.45) is 0. The highest BCUT2D eigenvalue weighted by molar-refractivity contribution is 6.14. The number of para-hydroxylation sites is 2. The lowest BCUT2D eigenvalue weighted by Gasteiger charge is -2.13. The zero-order valence-corrected chi connectivity index (χ0v) is 37.4. The molecule has 0 spiro atoms. The van der Waals surface area contributed by atoms with E-state index in [0.29, 0.717) is 11.6 Å². The third-order valence-electron chi connectivity index (χ3n) is 13.2. The van der Waals surface area contributed by atoms with Crippen molar-refractivity contribution in [2.45, 2.75) is 0 Å². The van der Waals surface area contributed by atoms with Gasteiger partial charge in [0.1, 0.15) is 5.65 Å². The van der Waals surface area contributed by atoms with Crippen LogP contribution in [0.15, 0.2) is 249 Å². The number of aromatic nitrogens is 5. The zero-order chi connectivity index (χ0) is 45.7.